The molecule has 0 saturated heterocycles. The summed E-state index contributed by atoms with van der Waals surface area (Å²) in [5.41, 5.74) is 5.56. The number of ether oxygens (including phenoxy) is 7. The Morgan fingerprint density at radius 1 is 0.443 bits per heavy atom. The quantitative estimate of drug-likeness (QED) is 0.0248. The molecular weight excluding hydrogens is 1380 g/mol. The number of nitrogens with zero attached hydrogens (tertiary/aromatic N) is 9. The monoisotopic (exact) mass is 1470 g/mol. The molecule has 0 unspecified atom stereocenters. The van der Waals surface area contributed by atoms with Crippen LogP contribution in [-0.2, 0) is 94.0 Å². The van der Waals surface area contributed by atoms with Gasteiger partial charge >= 0.3 is 0 Å². The fourth-order valence-corrected chi connectivity index (χ4v) is 11.1. The minimum Gasteiger partial charge on any atom is -0.377 e. The van der Waals surface area contributed by atoms with E-state index in [0.717, 1.165) is 35.2 Å². The molecular formula is C71H94N18O17. The molecule has 0 radical (unpaired) electrons. The van der Waals surface area contributed by atoms with E-state index >= 15 is 0 Å². The molecule has 1 atom stereocenters. The molecule has 35 nitrogen and oxygen atoms in total. The minimum absolute atomic E-state index is 0.00964. The Kier molecular flexibility index (Phi) is 31.6. The van der Waals surface area contributed by atoms with E-state index in [1.165, 1.54) is 49.0 Å². The molecule has 5 aromatic heterocycles. The molecule has 0 spiro atoms. The van der Waals surface area contributed by atoms with E-state index in [1.807, 2.05) is 41.3 Å². The predicted octanol–water partition coefficient (Wildman–Crippen LogP) is 2.72. The second kappa shape index (κ2) is 41.5. The molecule has 570 valence electrons. The van der Waals surface area contributed by atoms with Gasteiger partial charge in [0, 0.05) is 149 Å². The molecule has 2 aromatic carbocycles. The van der Waals surface area contributed by atoms with E-state index in [-0.39, 0.29) is 122 Å². The highest BCUT2D eigenvalue weighted by Crippen LogP contribution is 2.34. The summed E-state index contributed by atoms with van der Waals surface area (Å²) in [6.07, 6.45) is 10.6. The highest BCUT2D eigenvalue weighted by molar-refractivity contribution is 6.08. The van der Waals surface area contributed by atoms with Gasteiger partial charge in [-0.25, -0.2) is 15.0 Å². The molecule has 9 N–H and O–H groups in total. The van der Waals surface area contributed by atoms with Crippen molar-refractivity contribution in [1.29, 1.82) is 0 Å². The lowest BCUT2D eigenvalue weighted by molar-refractivity contribution is -0.121. The summed E-state index contributed by atoms with van der Waals surface area (Å²) in [5, 5.41) is 24.2. The molecule has 10 amide bonds. The van der Waals surface area contributed by atoms with Crippen molar-refractivity contribution in [3.8, 4) is 11.1 Å². The number of benzene rings is 2. The van der Waals surface area contributed by atoms with E-state index in [0.29, 0.717) is 104 Å². The van der Waals surface area contributed by atoms with Crippen molar-refractivity contribution in [2.24, 2.45) is 35.2 Å². The maximum absolute atomic E-state index is 13.4. The van der Waals surface area contributed by atoms with E-state index in [2.05, 4.69) is 75.8 Å². The van der Waals surface area contributed by atoms with Crippen LogP contribution in [0.3, 0.4) is 0 Å². The Balaban J connectivity index is 0.568. The zero-order valence-corrected chi connectivity index (χ0v) is 60.7. The van der Waals surface area contributed by atoms with Gasteiger partial charge in [-0.1, -0.05) is 18.2 Å². The van der Waals surface area contributed by atoms with Gasteiger partial charge in [-0.2, -0.15) is 0 Å². The van der Waals surface area contributed by atoms with Crippen molar-refractivity contribution in [1.82, 2.24) is 64.4 Å². The number of rotatable bonds is 44. The first-order valence-electron chi connectivity index (χ1n) is 34.7. The van der Waals surface area contributed by atoms with Crippen molar-refractivity contribution < 1.29 is 81.1 Å². The van der Waals surface area contributed by atoms with Crippen LogP contribution in [0, 0.1) is 0 Å². The molecule has 35 heteroatoms. The van der Waals surface area contributed by atoms with Crippen molar-refractivity contribution in [3.63, 3.8) is 0 Å². The number of fused-ring (bicyclic) bond motifs is 1. The maximum atomic E-state index is 13.4. The lowest BCUT2D eigenvalue weighted by atomic mass is 9.93. The molecule has 1 aliphatic rings. The average molecular weight is 1470 g/mol. The zero-order chi connectivity index (χ0) is 75.9. The number of aryl methyl sites for hydroxylation is 6. The summed E-state index contributed by atoms with van der Waals surface area (Å²) in [6.45, 7) is 9.38. The number of carbonyl (C=O) groups excluding carboxylic acids is 10. The number of amides is 10. The van der Waals surface area contributed by atoms with Gasteiger partial charge < -0.3 is 109 Å². The van der Waals surface area contributed by atoms with Crippen molar-refractivity contribution in [3.05, 3.63) is 132 Å². The maximum Gasteiger partial charge on any atom is 0.291 e. The van der Waals surface area contributed by atoms with E-state index in [9.17, 15) is 47.9 Å². The number of imidazole rings is 3. The molecule has 0 fully saturated rings. The van der Waals surface area contributed by atoms with Gasteiger partial charge in [0.05, 0.1) is 104 Å². The Bertz CT molecular complexity index is 4140. The van der Waals surface area contributed by atoms with Gasteiger partial charge in [-0.3, -0.25) is 47.9 Å². The van der Waals surface area contributed by atoms with Crippen molar-refractivity contribution in [2.45, 2.75) is 52.0 Å². The summed E-state index contributed by atoms with van der Waals surface area (Å²) in [5.74, 6) is -4.03. The topological polar surface area (TPSA) is 410 Å². The van der Waals surface area contributed by atoms with Crippen LogP contribution in [0.2, 0.25) is 0 Å². The first kappa shape index (κ1) is 80.7. The van der Waals surface area contributed by atoms with Crippen LogP contribution in [0.15, 0.2) is 91.8 Å². The summed E-state index contributed by atoms with van der Waals surface area (Å²) in [7, 11) is 8.01. The summed E-state index contributed by atoms with van der Waals surface area (Å²) in [6, 6.07) is 16.8. The molecule has 7 aromatic rings. The Hall–Kier alpha value is -11.0. The normalized spacial score (nSPS) is 12.4. The van der Waals surface area contributed by atoms with Crippen LogP contribution in [0.1, 0.15) is 108 Å². The summed E-state index contributed by atoms with van der Waals surface area (Å²) in [4.78, 5) is 143. The first-order chi connectivity index (χ1) is 51.1. The van der Waals surface area contributed by atoms with Gasteiger partial charge in [-0.05, 0) is 72.9 Å². The molecule has 8 rings (SSSR count). The van der Waals surface area contributed by atoms with Crippen LogP contribution in [0.4, 0.5) is 28.7 Å². The second-order valence-corrected chi connectivity index (χ2v) is 24.5. The number of aromatic nitrogens is 8. The smallest absolute Gasteiger partial charge is 0.291 e. The van der Waals surface area contributed by atoms with E-state index < -0.39 is 41.4 Å². The minimum atomic E-state index is -0.695. The molecule has 1 aliphatic heterocycles. The molecule has 106 heavy (non-hydrogen) atoms. The number of anilines is 5. The van der Waals surface area contributed by atoms with E-state index in [4.69, 9.17) is 33.2 Å². The predicted molar refractivity (Wildman–Crippen MR) is 388 cm³/mol. The Morgan fingerprint density at radius 3 is 1.48 bits per heavy atom. The fraction of sp³-hybridized carbons (Fsp3) is 0.451. The van der Waals surface area contributed by atoms with Crippen LogP contribution in [-0.4, -0.2) is 228 Å². The lowest BCUT2D eigenvalue weighted by Crippen LogP contribution is -2.40. The summed E-state index contributed by atoms with van der Waals surface area (Å²) >= 11 is 0. The highest BCUT2D eigenvalue weighted by atomic mass is 16.6. The third-order valence-electron chi connectivity index (χ3n) is 16.4. The lowest BCUT2D eigenvalue weighted by Gasteiger charge is -2.34. The number of hydrogen-bond donors (Lipinski definition) is 9. The SMILES string of the molecule is CC(=O)N1c2ccc(-c3ccc(C(=O)NCCOCCOCCOCCOCCOCCOCCOCCNC(=O)CCNC(=O)c4nc(NC(=O)CCNC(=O)c5c(NC(=O)c6nc(NC(=O)CCNC(=O)c7cc(NC(=O)c8nccn8C)cn7C)cn6C)ccn5C)cn4C)cc3)cc2CC[C@@H]1C. The van der Waals surface area contributed by atoms with Crippen LogP contribution in [0.5, 0.6) is 0 Å². The molecule has 0 bridgehead atoms. The van der Waals surface area contributed by atoms with Gasteiger partial charge in [0.25, 0.3) is 35.4 Å². The zero-order valence-electron chi connectivity index (χ0n) is 60.7. The van der Waals surface area contributed by atoms with Crippen LogP contribution in [0.25, 0.3) is 11.1 Å². The van der Waals surface area contributed by atoms with Gasteiger partial charge in [0.1, 0.15) is 11.4 Å². The number of hydrogen-bond acceptors (Lipinski definition) is 20. The fourth-order valence-electron chi connectivity index (χ4n) is 11.1. The molecule has 0 aliphatic carbocycles. The van der Waals surface area contributed by atoms with Gasteiger partial charge in [-0.15, -0.1) is 0 Å². The van der Waals surface area contributed by atoms with Gasteiger partial charge in [0.2, 0.25) is 35.3 Å². The highest BCUT2D eigenvalue weighted by Gasteiger charge is 2.27. The third-order valence-corrected chi connectivity index (χ3v) is 16.4. The Labute approximate surface area is 612 Å². The average Bonchev–Trinajstić information content (AvgIpc) is 1.24. The second-order valence-electron chi connectivity index (χ2n) is 24.5. The van der Waals surface area contributed by atoms with Gasteiger partial charge in [0.15, 0.2) is 17.5 Å². The van der Waals surface area contributed by atoms with Crippen LogP contribution < -0.4 is 52.8 Å². The van der Waals surface area contributed by atoms with Crippen LogP contribution >= 0.6 is 0 Å². The molecule has 0 saturated carbocycles. The van der Waals surface area contributed by atoms with E-state index in [1.54, 1.807) is 65.3 Å². The van der Waals surface area contributed by atoms with Crippen molar-refractivity contribution >= 4 is 87.8 Å². The Morgan fingerprint density at radius 2 is 0.934 bits per heavy atom. The number of nitrogens with one attached hydrogen (secondary N) is 9. The molecule has 6 heterocycles. The third kappa shape index (κ3) is 24.9. The van der Waals surface area contributed by atoms with Crippen molar-refractivity contribution in [2.75, 3.05) is 151 Å². The standard InChI is InChI=1S/C71H94N18O17/c1-47-8-9-52-42-51(14-15-55(52)89(47)48(2)90)49-10-12-50(13-11-49)66(94)77-25-29-101-31-33-103-35-37-105-39-41-106-40-38-104-36-34-102-32-30-100-28-24-72-59(91)16-20-76-69(97)64-82-57(45-87(64)6)80-61(93)18-22-75-68(96)62-54(19-26-84(62)3)79-71(99)65-83-58(46-88(65)7)81-60(92)17-21-74-67(95)56-43-53(44-86(56)5)78-70(98)63-73-23-27-85(63)4/h10-15,19,23,26-27,42-47H,8-9,16-18,20-22,24-25,28-41H2,1-7H3,(H,72,91)(H,74,95)(H,75,96)(H,76,97)(H,77,94)(H,78,98)(H,79,99)(H,80,93)(H,81,92)/t47-/m0/s1. The summed E-state index contributed by atoms with van der Waals surface area (Å²) < 4.78 is 46.2. The first-order valence-corrected chi connectivity index (χ1v) is 34.7. The largest absolute Gasteiger partial charge is 0.377 e. The number of carbonyl (C=O) groups is 10.